The molecular weight excluding hydrogens is 230 g/mol. The van der Waals surface area contributed by atoms with Gasteiger partial charge in [-0.3, -0.25) is 4.79 Å². The molecule has 16 heavy (non-hydrogen) atoms. The second-order valence-electron chi connectivity index (χ2n) is 3.14. The number of amides is 1. The van der Waals surface area contributed by atoms with Gasteiger partial charge < -0.3 is 15.4 Å². The number of carbonyl (C=O) groups is 1. The third-order valence-electron chi connectivity index (χ3n) is 2.01. The molecule has 2 N–H and O–H groups in total. The van der Waals surface area contributed by atoms with Gasteiger partial charge in [-0.1, -0.05) is 18.2 Å². The maximum absolute atomic E-state index is 12.0. The molecule has 0 bridgehead atoms. The highest BCUT2D eigenvalue weighted by Gasteiger charge is 2.20. The van der Waals surface area contributed by atoms with Crippen LogP contribution >= 0.6 is 11.6 Å². The van der Waals surface area contributed by atoms with E-state index in [4.69, 9.17) is 22.1 Å². The number of nitrogens with zero attached hydrogens (tertiary/aromatic N) is 2. The molecular formula is C10H14ClN3O2. The highest BCUT2D eigenvalue weighted by atomic mass is 35.5. The summed E-state index contributed by atoms with van der Waals surface area (Å²) < 4.78 is 5.15. The minimum Gasteiger partial charge on any atom is -0.405 e. The van der Waals surface area contributed by atoms with E-state index >= 15 is 0 Å². The van der Waals surface area contributed by atoms with Crippen LogP contribution in [0.25, 0.3) is 0 Å². The van der Waals surface area contributed by atoms with Gasteiger partial charge in [0.25, 0.3) is 5.91 Å². The third-order valence-corrected chi connectivity index (χ3v) is 2.10. The van der Waals surface area contributed by atoms with Crippen molar-refractivity contribution in [3.63, 3.8) is 0 Å². The van der Waals surface area contributed by atoms with E-state index in [-0.39, 0.29) is 16.8 Å². The minimum atomic E-state index is -0.216. The van der Waals surface area contributed by atoms with Crippen molar-refractivity contribution < 1.29 is 9.53 Å². The lowest BCUT2D eigenvalue weighted by molar-refractivity contribution is -0.127. The summed E-state index contributed by atoms with van der Waals surface area (Å²) >= 11 is 5.54. The summed E-state index contributed by atoms with van der Waals surface area (Å²) in [6.07, 6.45) is 2.66. The van der Waals surface area contributed by atoms with E-state index in [2.05, 4.69) is 11.6 Å². The van der Waals surface area contributed by atoms with Gasteiger partial charge in [0.2, 0.25) is 0 Å². The van der Waals surface area contributed by atoms with Gasteiger partial charge in [-0.05, 0) is 12.3 Å². The highest BCUT2D eigenvalue weighted by Crippen LogP contribution is 2.04. The lowest BCUT2D eigenvalue weighted by Gasteiger charge is -2.26. The predicted octanol–water partition coefficient (Wildman–Crippen LogP) is 0.469. The Labute approximate surface area is 99.2 Å². The predicted molar refractivity (Wildman–Crippen MR) is 63.2 cm³/mol. The SMILES string of the molecule is C=C(Cl)N=C(/C=C\N)C(=O)N1CCOCC1. The van der Waals surface area contributed by atoms with Crippen LogP contribution in [0.2, 0.25) is 0 Å². The standard InChI is InChI=1S/C10H14ClN3O2/c1-8(11)13-9(2-3-12)10(15)14-4-6-16-7-5-14/h2-3H,1,4-7,12H2/b3-2-,13-9?. The van der Waals surface area contributed by atoms with Crippen molar-refractivity contribution >= 4 is 23.2 Å². The van der Waals surface area contributed by atoms with Crippen molar-refractivity contribution in [3.05, 3.63) is 24.0 Å². The minimum absolute atomic E-state index is 0.0507. The average Bonchev–Trinajstić information content (AvgIpc) is 2.28. The Kier molecular flexibility index (Phi) is 5.01. The highest BCUT2D eigenvalue weighted by molar-refractivity contribution is 6.44. The molecule has 1 fully saturated rings. The molecule has 1 rings (SSSR count). The summed E-state index contributed by atoms with van der Waals surface area (Å²) in [6.45, 7) is 5.58. The number of hydrogen-bond donors (Lipinski definition) is 1. The zero-order valence-corrected chi connectivity index (χ0v) is 9.61. The lowest BCUT2D eigenvalue weighted by atomic mass is 10.3. The van der Waals surface area contributed by atoms with E-state index in [9.17, 15) is 4.79 Å². The molecule has 0 unspecified atom stereocenters. The zero-order chi connectivity index (χ0) is 12.0. The zero-order valence-electron chi connectivity index (χ0n) is 8.86. The Bertz CT molecular complexity index is 333. The van der Waals surface area contributed by atoms with E-state index in [0.717, 1.165) is 0 Å². The van der Waals surface area contributed by atoms with E-state index in [0.29, 0.717) is 26.3 Å². The fraction of sp³-hybridized carbons (Fsp3) is 0.400. The van der Waals surface area contributed by atoms with Crippen LogP contribution in [0.3, 0.4) is 0 Å². The van der Waals surface area contributed by atoms with Crippen molar-refractivity contribution in [1.82, 2.24) is 4.90 Å². The van der Waals surface area contributed by atoms with Crippen molar-refractivity contribution in [2.24, 2.45) is 10.7 Å². The number of morpholine rings is 1. The fourth-order valence-corrected chi connectivity index (χ4v) is 1.40. The molecule has 1 amide bonds. The first-order valence-corrected chi connectivity index (χ1v) is 5.21. The summed E-state index contributed by atoms with van der Waals surface area (Å²) in [7, 11) is 0. The number of carbonyl (C=O) groups excluding carboxylic acids is 1. The van der Waals surface area contributed by atoms with Gasteiger partial charge in [0.05, 0.1) is 13.2 Å². The Morgan fingerprint density at radius 2 is 2.12 bits per heavy atom. The van der Waals surface area contributed by atoms with E-state index in [1.165, 1.54) is 12.3 Å². The molecule has 1 aliphatic heterocycles. The van der Waals surface area contributed by atoms with E-state index < -0.39 is 0 Å². The van der Waals surface area contributed by atoms with Gasteiger partial charge in [0, 0.05) is 13.1 Å². The molecule has 0 aromatic rings. The summed E-state index contributed by atoms with van der Waals surface area (Å²) in [5, 5.41) is 0.0507. The number of ether oxygens (including phenoxy) is 1. The monoisotopic (exact) mass is 243 g/mol. The summed E-state index contributed by atoms with van der Waals surface area (Å²) in [4.78, 5) is 17.4. The van der Waals surface area contributed by atoms with Gasteiger partial charge in [0.15, 0.2) is 0 Å². The Hall–Kier alpha value is -1.33. The van der Waals surface area contributed by atoms with Gasteiger partial charge >= 0.3 is 0 Å². The Morgan fingerprint density at radius 1 is 1.50 bits per heavy atom. The second kappa shape index (κ2) is 6.30. The molecule has 88 valence electrons. The van der Waals surface area contributed by atoms with Crippen LogP contribution in [0, 0.1) is 0 Å². The van der Waals surface area contributed by atoms with Crippen molar-refractivity contribution in [3.8, 4) is 0 Å². The van der Waals surface area contributed by atoms with E-state index in [1.54, 1.807) is 4.90 Å². The van der Waals surface area contributed by atoms with Crippen LogP contribution in [-0.2, 0) is 9.53 Å². The number of hydrogen-bond acceptors (Lipinski definition) is 4. The van der Waals surface area contributed by atoms with E-state index in [1.807, 2.05) is 0 Å². The third kappa shape index (κ3) is 3.67. The first-order chi connectivity index (χ1) is 7.65. The molecule has 1 saturated heterocycles. The van der Waals surface area contributed by atoms with Crippen LogP contribution in [0.4, 0.5) is 0 Å². The molecule has 0 aromatic carbocycles. The normalized spacial score (nSPS) is 17.8. The van der Waals surface area contributed by atoms with Crippen LogP contribution in [0.15, 0.2) is 29.0 Å². The van der Waals surface area contributed by atoms with Crippen LogP contribution in [0.5, 0.6) is 0 Å². The molecule has 0 atom stereocenters. The summed E-state index contributed by atoms with van der Waals surface area (Å²) in [5.74, 6) is -0.216. The van der Waals surface area contributed by atoms with Crippen LogP contribution in [0.1, 0.15) is 0 Å². The molecule has 0 radical (unpaired) electrons. The average molecular weight is 244 g/mol. The Morgan fingerprint density at radius 3 is 2.62 bits per heavy atom. The fourth-order valence-electron chi connectivity index (χ4n) is 1.31. The topological polar surface area (TPSA) is 67.9 Å². The first-order valence-electron chi connectivity index (χ1n) is 4.83. The number of nitrogens with two attached hydrogens (primary N) is 1. The molecule has 0 saturated carbocycles. The molecule has 5 nitrogen and oxygen atoms in total. The quantitative estimate of drug-likeness (QED) is 0.579. The Balaban J connectivity index is 2.77. The van der Waals surface area contributed by atoms with Gasteiger partial charge in [-0.25, -0.2) is 4.99 Å². The number of rotatable bonds is 3. The van der Waals surface area contributed by atoms with Crippen LogP contribution < -0.4 is 5.73 Å². The molecule has 6 heteroatoms. The van der Waals surface area contributed by atoms with Crippen molar-refractivity contribution in [2.75, 3.05) is 26.3 Å². The molecule has 1 aliphatic rings. The molecule has 0 spiro atoms. The number of halogens is 1. The molecule has 0 aliphatic carbocycles. The number of aliphatic imine (C=N–C) groups is 1. The maximum atomic E-state index is 12.0. The van der Waals surface area contributed by atoms with Crippen molar-refractivity contribution in [2.45, 2.75) is 0 Å². The molecule has 1 heterocycles. The summed E-state index contributed by atoms with van der Waals surface area (Å²) in [6, 6.07) is 0. The van der Waals surface area contributed by atoms with Crippen molar-refractivity contribution in [1.29, 1.82) is 0 Å². The van der Waals surface area contributed by atoms with Gasteiger partial charge in [-0.15, -0.1) is 0 Å². The lowest BCUT2D eigenvalue weighted by Crippen LogP contribution is -2.43. The van der Waals surface area contributed by atoms with Gasteiger partial charge in [0.1, 0.15) is 10.9 Å². The van der Waals surface area contributed by atoms with Crippen LogP contribution in [-0.4, -0.2) is 42.8 Å². The maximum Gasteiger partial charge on any atom is 0.272 e. The summed E-state index contributed by atoms with van der Waals surface area (Å²) in [5.41, 5.74) is 5.43. The van der Waals surface area contributed by atoms with Gasteiger partial charge in [-0.2, -0.15) is 0 Å². The smallest absolute Gasteiger partial charge is 0.272 e. The molecule has 0 aromatic heterocycles. The first kappa shape index (κ1) is 12.7. The largest absolute Gasteiger partial charge is 0.405 e. The second-order valence-corrected chi connectivity index (χ2v) is 3.57.